The number of hydrogen-bond acceptors (Lipinski definition) is 3. The molecule has 0 aromatic carbocycles. The molecule has 0 aromatic rings. The van der Waals surface area contributed by atoms with Crippen LogP contribution < -0.4 is 5.32 Å². The second-order valence-corrected chi connectivity index (χ2v) is 2.42. The van der Waals surface area contributed by atoms with Crippen molar-refractivity contribution in [3.05, 3.63) is 0 Å². The third-order valence-corrected chi connectivity index (χ3v) is 1.81. The monoisotopic (exact) mass is 165 g/mol. The molecule has 0 fully saturated rings. The largest absolute Gasteiger partial charge is 0.347 e. The van der Waals surface area contributed by atoms with Crippen molar-refractivity contribution in [2.24, 2.45) is 5.92 Å². The minimum atomic E-state index is -0.400. The third-order valence-electron chi connectivity index (χ3n) is 1.65. The Morgan fingerprint density at radius 3 is 2.40 bits per heavy atom. The van der Waals surface area contributed by atoms with E-state index in [1.54, 1.807) is 14.0 Å². The normalized spacial score (nSPS) is 16.0. The SMILES string of the molecule is CNC(C)C(C)C(=O)OCl. The van der Waals surface area contributed by atoms with Crippen LogP contribution in [0.3, 0.4) is 0 Å². The van der Waals surface area contributed by atoms with Crippen LogP contribution in [0.1, 0.15) is 13.8 Å². The van der Waals surface area contributed by atoms with Crippen molar-refractivity contribution in [2.45, 2.75) is 19.9 Å². The minimum absolute atomic E-state index is 0.0891. The van der Waals surface area contributed by atoms with Crippen molar-refractivity contribution in [3.8, 4) is 0 Å². The van der Waals surface area contributed by atoms with Crippen LogP contribution in [0.25, 0.3) is 0 Å². The molecule has 60 valence electrons. The molecule has 0 aliphatic carbocycles. The standard InChI is InChI=1S/C6H12ClNO2/c1-4(5(2)8-3)6(9)10-7/h4-5,8H,1-3H3. The molecule has 0 amide bonds. The van der Waals surface area contributed by atoms with Gasteiger partial charge in [0, 0.05) is 6.04 Å². The molecule has 10 heavy (non-hydrogen) atoms. The number of carbonyl (C=O) groups is 1. The molecule has 0 saturated carbocycles. The van der Waals surface area contributed by atoms with Gasteiger partial charge in [0.25, 0.3) is 0 Å². The van der Waals surface area contributed by atoms with Crippen LogP contribution in [0.15, 0.2) is 0 Å². The molecule has 2 atom stereocenters. The molecule has 0 aliphatic heterocycles. The molecule has 0 aromatic heterocycles. The van der Waals surface area contributed by atoms with Gasteiger partial charge < -0.3 is 9.61 Å². The van der Waals surface area contributed by atoms with Crippen molar-refractivity contribution in [2.75, 3.05) is 7.05 Å². The fourth-order valence-electron chi connectivity index (χ4n) is 0.524. The summed E-state index contributed by atoms with van der Waals surface area (Å²) in [7, 11) is 1.78. The number of halogens is 1. The lowest BCUT2D eigenvalue weighted by atomic mass is 10.1. The van der Waals surface area contributed by atoms with Gasteiger partial charge >= 0.3 is 5.97 Å². The maximum absolute atomic E-state index is 10.7. The summed E-state index contributed by atoms with van der Waals surface area (Å²) >= 11 is 4.87. The molecule has 3 nitrogen and oxygen atoms in total. The molecular formula is C6H12ClNO2. The van der Waals surface area contributed by atoms with E-state index >= 15 is 0 Å². The van der Waals surface area contributed by atoms with Gasteiger partial charge in [0.2, 0.25) is 0 Å². The second-order valence-electron chi connectivity index (χ2n) is 2.26. The molecule has 0 heterocycles. The average molecular weight is 166 g/mol. The molecule has 4 heteroatoms. The van der Waals surface area contributed by atoms with Gasteiger partial charge in [-0.1, -0.05) is 6.92 Å². The number of carbonyl (C=O) groups excluding carboxylic acids is 1. The van der Waals surface area contributed by atoms with Crippen molar-refractivity contribution in [1.29, 1.82) is 0 Å². The summed E-state index contributed by atoms with van der Waals surface area (Å²) in [5, 5.41) is 2.92. The number of rotatable bonds is 3. The summed E-state index contributed by atoms with van der Waals surface area (Å²) in [6.07, 6.45) is 0. The molecule has 0 aliphatic rings. The van der Waals surface area contributed by atoms with Crippen molar-refractivity contribution >= 4 is 17.8 Å². The van der Waals surface area contributed by atoms with Crippen LogP contribution in [0.4, 0.5) is 0 Å². The Labute approximate surface area is 65.9 Å². The van der Waals surface area contributed by atoms with Gasteiger partial charge in [-0.3, -0.25) is 4.79 Å². The molecule has 0 saturated heterocycles. The zero-order valence-corrected chi connectivity index (χ0v) is 7.11. The van der Waals surface area contributed by atoms with Crippen LogP contribution in [-0.4, -0.2) is 19.1 Å². The first-order chi connectivity index (χ1) is 4.63. The van der Waals surface area contributed by atoms with E-state index in [0.29, 0.717) is 0 Å². The Morgan fingerprint density at radius 2 is 2.10 bits per heavy atom. The number of hydrogen-bond donors (Lipinski definition) is 1. The Kier molecular flexibility index (Phi) is 4.40. The predicted octanol–water partition coefficient (Wildman–Crippen LogP) is 0.927. The van der Waals surface area contributed by atoms with E-state index < -0.39 is 5.97 Å². The van der Waals surface area contributed by atoms with Gasteiger partial charge in [0.1, 0.15) is 11.9 Å². The summed E-state index contributed by atoms with van der Waals surface area (Å²) in [6.45, 7) is 3.64. The van der Waals surface area contributed by atoms with Crippen LogP contribution in [-0.2, 0) is 9.08 Å². The molecule has 0 rings (SSSR count). The first-order valence-corrected chi connectivity index (χ1v) is 3.44. The van der Waals surface area contributed by atoms with Gasteiger partial charge in [-0.2, -0.15) is 0 Å². The fraction of sp³-hybridized carbons (Fsp3) is 0.833. The lowest BCUT2D eigenvalue weighted by Gasteiger charge is -2.14. The summed E-state index contributed by atoms with van der Waals surface area (Å²) in [6, 6.07) is 0.0891. The van der Waals surface area contributed by atoms with E-state index in [9.17, 15) is 4.79 Å². The van der Waals surface area contributed by atoms with E-state index in [1.165, 1.54) is 0 Å². The highest BCUT2D eigenvalue weighted by atomic mass is 35.5. The zero-order chi connectivity index (χ0) is 8.15. The van der Waals surface area contributed by atoms with Gasteiger partial charge in [-0.05, 0) is 14.0 Å². The lowest BCUT2D eigenvalue weighted by Crippen LogP contribution is -2.33. The van der Waals surface area contributed by atoms with Crippen molar-refractivity contribution < 1.29 is 9.08 Å². The van der Waals surface area contributed by atoms with Gasteiger partial charge in [0.15, 0.2) is 0 Å². The zero-order valence-electron chi connectivity index (χ0n) is 6.35. The summed E-state index contributed by atoms with van der Waals surface area (Å²) in [5.74, 6) is -0.606. The van der Waals surface area contributed by atoms with E-state index in [1.807, 2.05) is 6.92 Å². The Balaban J connectivity index is 3.81. The molecule has 1 N–H and O–H groups in total. The highest BCUT2D eigenvalue weighted by molar-refractivity contribution is 6.13. The van der Waals surface area contributed by atoms with Crippen LogP contribution >= 0.6 is 11.9 Å². The maximum Gasteiger partial charge on any atom is 0.329 e. The molecule has 2 unspecified atom stereocenters. The Bertz CT molecular complexity index is 118. The lowest BCUT2D eigenvalue weighted by molar-refractivity contribution is -0.138. The molecule has 0 spiro atoms. The third kappa shape index (κ3) is 2.54. The Morgan fingerprint density at radius 1 is 1.60 bits per heavy atom. The number of nitrogens with one attached hydrogen (secondary N) is 1. The summed E-state index contributed by atoms with van der Waals surface area (Å²) in [4.78, 5) is 10.7. The molecule has 0 bridgehead atoms. The highest BCUT2D eigenvalue weighted by Crippen LogP contribution is 2.05. The summed E-state index contributed by atoms with van der Waals surface area (Å²) < 4.78 is 4.03. The second kappa shape index (κ2) is 4.52. The first kappa shape index (κ1) is 9.72. The first-order valence-electron chi connectivity index (χ1n) is 3.13. The summed E-state index contributed by atoms with van der Waals surface area (Å²) in [5.41, 5.74) is 0. The molecular weight excluding hydrogens is 154 g/mol. The van der Waals surface area contributed by atoms with Crippen molar-refractivity contribution in [3.63, 3.8) is 0 Å². The van der Waals surface area contributed by atoms with Gasteiger partial charge in [0.05, 0.1) is 5.92 Å². The van der Waals surface area contributed by atoms with Crippen LogP contribution in [0.5, 0.6) is 0 Å². The smallest absolute Gasteiger partial charge is 0.329 e. The predicted molar refractivity (Wildman–Crippen MR) is 39.6 cm³/mol. The van der Waals surface area contributed by atoms with E-state index in [0.717, 1.165) is 0 Å². The average Bonchev–Trinajstić information content (AvgIpc) is 2.00. The van der Waals surface area contributed by atoms with Gasteiger partial charge in [-0.15, -0.1) is 0 Å². The van der Waals surface area contributed by atoms with Crippen LogP contribution in [0.2, 0.25) is 0 Å². The topological polar surface area (TPSA) is 38.3 Å². The van der Waals surface area contributed by atoms with E-state index in [4.69, 9.17) is 11.9 Å². The minimum Gasteiger partial charge on any atom is -0.347 e. The van der Waals surface area contributed by atoms with E-state index in [2.05, 4.69) is 9.61 Å². The fourth-order valence-corrected chi connectivity index (χ4v) is 0.665. The quantitative estimate of drug-likeness (QED) is 0.676. The highest BCUT2D eigenvalue weighted by Gasteiger charge is 2.19. The van der Waals surface area contributed by atoms with Gasteiger partial charge in [-0.25, -0.2) is 0 Å². The maximum atomic E-state index is 10.7. The molecule has 0 radical (unpaired) electrons. The van der Waals surface area contributed by atoms with E-state index in [-0.39, 0.29) is 12.0 Å². The Hall–Kier alpha value is -0.280. The van der Waals surface area contributed by atoms with Crippen LogP contribution in [0, 0.1) is 5.92 Å². The van der Waals surface area contributed by atoms with Crippen molar-refractivity contribution in [1.82, 2.24) is 5.32 Å².